The van der Waals surface area contributed by atoms with E-state index >= 15 is 0 Å². The van der Waals surface area contributed by atoms with Gasteiger partial charge in [0.2, 0.25) is 0 Å². The minimum absolute atomic E-state index is 0.342. The third kappa shape index (κ3) is 1.99. The second kappa shape index (κ2) is 4.49. The molecule has 0 amide bonds. The molecule has 1 aromatic carbocycles. The molecule has 3 heteroatoms. The maximum absolute atomic E-state index is 11.7. The third-order valence-corrected chi connectivity index (χ3v) is 2.66. The van der Waals surface area contributed by atoms with E-state index in [9.17, 15) is 4.79 Å². The van der Waals surface area contributed by atoms with Crippen molar-refractivity contribution >= 4 is 5.97 Å². The van der Waals surface area contributed by atoms with E-state index in [0.717, 1.165) is 5.56 Å². The number of hydrogen-bond donors (Lipinski definition) is 0. The monoisotopic (exact) mass is 218 g/mol. The zero-order valence-corrected chi connectivity index (χ0v) is 9.18. The molecule has 0 radical (unpaired) electrons. The molecule has 0 aromatic heterocycles. The van der Waals surface area contributed by atoms with E-state index in [2.05, 4.69) is 0 Å². The number of ether oxygens (including phenoxy) is 2. The molecule has 0 N–H and O–H groups in total. The van der Waals surface area contributed by atoms with Crippen LogP contribution in [0.4, 0.5) is 0 Å². The molecule has 1 aliphatic rings. The second-order valence-electron chi connectivity index (χ2n) is 3.76. The van der Waals surface area contributed by atoms with Crippen molar-refractivity contribution in [2.24, 2.45) is 0 Å². The van der Waals surface area contributed by atoms with Gasteiger partial charge in [-0.2, -0.15) is 0 Å². The van der Waals surface area contributed by atoms with Crippen LogP contribution in [0.25, 0.3) is 0 Å². The van der Waals surface area contributed by atoms with Crippen molar-refractivity contribution in [3.8, 4) is 0 Å². The molecule has 1 aliphatic heterocycles. The molecule has 0 aliphatic carbocycles. The van der Waals surface area contributed by atoms with E-state index in [0.29, 0.717) is 13.0 Å². The lowest BCUT2D eigenvalue weighted by atomic mass is 9.95. The predicted octanol–water partition coefficient (Wildman–Crippen LogP) is 1.73. The average Bonchev–Trinajstić information content (AvgIpc) is 2.79. The summed E-state index contributed by atoms with van der Waals surface area (Å²) in [5.74, 6) is -0.342. The van der Waals surface area contributed by atoms with Crippen LogP contribution in [-0.2, 0) is 20.7 Å². The molecule has 16 heavy (non-hydrogen) atoms. The highest BCUT2D eigenvalue weighted by molar-refractivity contribution is 5.83. The van der Waals surface area contributed by atoms with Gasteiger partial charge in [0, 0.05) is 6.42 Å². The van der Waals surface area contributed by atoms with Crippen molar-refractivity contribution in [2.45, 2.75) is 12.0 Å². The maximum Gasteiger partial charge on any atom is 0.342 e. The van der Waals surface area contributed by atoms with Gasteiger partial charge in [-0.3, -0.25) is 0 Å². The van der Waals surface area contributed by atoms with Gasteiger partial charge in [-0.15, -0.1) is 0 Å². The molecule has 84 valence electrons. The minimum atomic E-state index is -0.934. The molecule has 2 rings (SSSR count). The Balaban J connectivity index is 2.22. The van der Waals surface area contributed by atoms with Gasteiger partial charge in [0.05, 0.1) is 13.7 Å². The summed E-state index contributed by atoms with van der Waals surface area (Å²) in [6.45, 7) is 0.460. The highest BCUT2D eigenvalue weighted by atomic mass is 16.6. The van der Waals surface area contributed by atoms with Crippen LogP contribution in [-0.4, -0.2) is 25.3 Å². The first-order chi connectivity index (χ1) is 7.77. The van der Waals surface area contributed by atoms with E-state index in [1.54, 1.807) is 6.08 Å². The van der Waals surface area contributed by atoms with Crippen LogP contribution in [0.3, 0.4) is 0 Å². The lowest BCUT2D eigenvalue weighted by Gasteiger charge is -2.24. The van der Waals surface area contributed by atoms with Crippen LogP contribution < -0.4 is 0 Å². The van der Waals surface area contributed by atoms with Gasteiger partial charge in [-0.05, 0) is 11.6 Å². The Bertz CT molecular complexity index is 397. The van der Waals surface area contributed by atoms with Gasteiger partial charge in [0.15, 0.2) is 5.60 Å². The van der Waals surface area contributed by atoms with Gasteiger partial charge in [-0.25, -0.2) is 4.79 Å². The fraction of sp³-hybridized carbons (Fsp3) is 0.308. The largest absolute Gasteiger partial charge is 0.467 e. The zero-order chi connectivity index (χ0) is 11.4. The van der Waals surface area contributed by atoms with Crippen LogP contribution in [0.1, 0.15) is 5.56 Å². The van der Waals surface area contributed by atoms with Gasteiger partial charge in [0.1, 0.15) is 0 Å². The Hall–Kier alpha value is -1.61. The summed E-state index contributed by atoms with van der Waals surface area (Å²) in [7, 11) is 1.38. The van der Waals surface area contributed by atoms with Gasteiger partial charge < -0.3 is 9.47 Å². The van der Waals surface area contributed by atoms with Crippen molar-refractivity contribution in [2.75, 3.05) is 13.7 Å². The molecule has 1 heterocycles. The molecule has 0 saturated heterocycles. The average molecular weight is 218 g/mol. The van der Waals surface area contributed by atoms with E-state index < -0.39 is 5.60 Å². The highest BCUT2D eigenvalue weighted by Crippen LogP contribution is 2.25. The molecule has 0 fully saturated rings. The number of carbonyl (C=O) groups is 1. The fourth-order valence-corrected chi connectivity index (χ4v) is 1.86. The number of rotatable bonds is 3. The SMILES string of the molecule is COC(=O)C1(Cc2ccccc2)C=CCO1. The number of benzene rings is 1. The Kier molecular flexibility index (Phi) is 3.06. The Labute approximate surface area is 94.7 Å². The van der Waals surface area contributed by atoms with Gasteiger partial charge in [-0.1, -0.05) is 36.4 Å². The van der Waals surface area contributed by atoms with E-state index in [1.165, 1.54) is 7.11 Å². The first-order valence-electron chi connectivity index (χ1n) is 5.21. The van der Waals surface area contributed by atoms with Crippen LogP contribution in [0.5, 0.6) is 0 Å². The summed E-state index contributed by atoms with van der Waals surface area (Å²) in [6.07, 6.45) is 4.14. The maximum atomic E-state index is 11.7. The lowest BCUT2D eigenvalue weighted by Crippen LogP contribution is -2.40. The summed E-state index contributed by atoms with van der Waals surface area (Å²) < 4.78 is 10.3. The van der Waals surface area contributed by atoms with Crippen molar-refractivity contribution in [1.29, 1.82) is 0 Å². The Morgan fingerprint density at radius 2 is 2.19 bits per heavy atom. The molecule has 0 bridgehead atoms. The van der Waals surface area contributed by atoms with E-state index in [-0.39, 0.29) is 5.97 Å². The first-order valence-corrected chi connectivity index (χ1v) is 5.21. The van der Waals surface area contributed by atoms with Crippen molar-refractivity contribution in [1.82, 2.24) is 0 Å². The van der Waals surface area contributed by atoms with E-state index in [4.69, 9.17) is 9.47 Å². The second-order valence-corrected chi connectivity index (χ2v) is 3.76. The Morgan fingerprint density at radius 1 is 1.44 bits per heavy atom. The molecular weight excluding hydrogens is 204 g/mol. The normalized spacial score (nSPS) is 23.3. The molecule has 1 aromatic rings. The lowest BCUT2D eigenvalue weighted by molar-refractivity contribution is -0.160. The van der Waals surface area contributed by atoms with E-state index in [1.807, 2.05) is 36.4 Å². The molecule has 1 unspecified atom stereocenters. The summed E-state index contributed by atoms with van der Waals surface area (Å²) in [5, 5.41) is 0. The highest BCUT2D eigenvalue weighted by Gasteiger charge is 2.40. The smallest absolute Gasteiger partial charge is 0.342 e. The predicted molar refractivity (Wildman–Crippen MR) is 60.0 cm³/mol. The summed E-state index contributed by atoms with van der Waals surface area (Å²) in [6, 6.07) is 9.78. The molecule has 1 atom stereocenters. The zero-order valence-electron chi connectivity index (χ0n) is 9.18. The number of carbonyl (C=O) groups excluding carboxylic acids is 1. The quantitative estimate of drug-likeness (QED) is 0.572. The fourth-order valence-electron chi connectivity index (χ4n) is 1.86. The van der Waals surface area contributed by atoms with Crippen molar-refractivity contribution < 1.29 is 14.3 Å². The number of methoxy groups -OCH3 is 1. The van der Waals surface area contributed by atoms with Gasteiger partial charge >= 0.3 is 5.97 Å². The molecule has 3 nitrogen and oxygen atoms in total. The number of esters is 1. The topological polar surface area (TPSA) is 35.5 Å². The van der Waals surface area contributed by atoms with Crippen molar-refractivity contribution in [3.05, 3.63) is 48.0 Å². The van der Waals surface area contributed by atoms with Crippen molar-refractivity contribution in [3.63, 3.8) is 0 Å². The standard InChI is InChI=1S/C13H14O3/c1-15-12(14)13(8-5-9-16-13)10-11-6-3-2-4-7-11/h2-8H,9-10H2,1H3. The summed E-state index contributed by atoms with van der Waals surface area (Å²) in [5.41, 5.74) is 0.121. The number of hydrogen-bond acceptors (Lipinski definition) is 3. The minimum Gasteiger partial charge on any atom is -0.467 e. The first kappa shape index (κ1) is 10.9. The molecule has 0 spiro atoms. The van der Waals surface area contributed by atoms with Gasteiger partial charge in [0.25, 0.3) is 0 Å². The third-order valence-electron chi connectivity index (χ3n) is 2.66. The molecular formula is C13H14O3. The summed E-state index contributed by atoms with van der Waals surface area (Å²) >= 11 is 0. The van der Waals surface area contributed by atoms with Crippen LogP contribution in [0.2, 0.25) is 0 Å². The van der Waals surface area contributed by atoms with Crippen LogP contribution >= 0.6 is 0 Å². The summed E-state index contributed by atoms with van der Waals surface area (Å²) in [4.78, 5) is 11.7. The van der Waals surface area contributed by atoms with Crippen LogP contribution in [0, 0.1) is 0 Å². The Morgan fingerprint density at radius 3 is 2.75 bits per heavy atom. The van der Waals surface area contributed by atoms with Crippen LogP contribution in [0.15, 0.2) is 42.5 Å². The molecule has 0 saturated carbocycles.